The van der Waals surface area contributed by atoms with Gasteiger partial charge in [0.25, 0.3) is 0 Å². The SMILES string of the molecule is O.O.O.O.O.O.O.O.O.O.O.O.O.O.O=S(OS(=O)(=O)O)OS(=O)(=O)O. The van der Waals surface area contributed by atoms with Crippen LogP contribution in [0.15, 0.2) is 0 Å². The molecule has 0 fully saturated rings. The first kappa shape index (κ1) is 141. The van der Waals surface area contributed by atoms with Gasteiger partial charge in [0.15, 0.2) is 0 Å². The Morgan fingerprint density at radius 1 is 0.462 bits per heavy atom. The van der Waals surface area contributed by atoms with Crippen molar-refractivity contribution in [3.8, 4) is 0 Å². The summed E-state index contributed by atoms with van der Waals surface area (Å²) in [6.07, 6.45) is 0. The van der Waals surface area contributed by atoms with Crippen LogP contribution in [-0.4, -0.2) is 107 Å². The molecule has 0 aliphatic carbocycles. The van der Waals surface area contributed by atoms with Crippen molar-refractivity contribution >= 4 is 32.2 Å². The van der Waals surface area contributed by atoms with E-state index in [2.05, 4.69) is 7.26 Å². The van der Waals surface area contributed by atoms with Crippen molar-refractivity contribution < 1.29 is 114 Å². The van der Waals surface area contributed by atoms with Crippen molar-refractivity contribution in [2.45, 2.75) is 0 Å². The molecule has 26 heteroatoms. The maximum atomic E-state index is 10.1. The first-order valence-corrected chi connectivity index (χ1v) is 5.60. The van der Waals surface area contributed by atoms with Gasteiger partial charge in [-0.3, -0.25) is 9.11 Å². The molecule has 0 saturated heterocycles. The molecule has 186 valence electrons. The molecule has 0 bridgehead atoms. The summed E-state index contributed by atoms with van der Waals surface area (Å²) >= 11 is -3.33. The van der Waals surface area contributed by atoms with Gasteiger partial charge in [0.1, 0.15) is 0 Å². The minimum atomic E-state index is -5.10. The molecule has 0 amide bonds. The van der Waals surface area contributed by atoms with Gasteiger partial charge in [-0.2, -0.15) is 21.0 Å². The first-order valence-electron chi connectivity index (χ1n) is 1.87. The van der Waals surface area contributed by atoms with Crippen LogP contribution >= 0.6 is 0 Å². The molecule has 26 heavy (non-hydrogen) atoms. The molecular weight excluding hydrogens is 464 g/mol. The molecule has 0 spiro atoms. The highest BCUT2D eigenvalue weighted by Crippen LogP contribution is 1.98. The number of hydrogen-bond donors (Lipinski definition) is 2. The van der Waals surface area contributed by atoms with E-state index in [0.29, 0.717) is 0 Å². The van der Waals surface area contributed by atoms with Gasteiger partial charge in [-0.1, -0.05) is 0 Å². The molecule has 23 nitrogen and oxygen atoms in total. The third-order valence-electron chi connectivity index (χ3n) is 0.283. The van der Waals surface area contributed by atoms with E-state index in [0.717, 1.165) is 0 Å². The van der Waals surface area contributed by atoms with E-state index in [1.807, 2.05) is 0 Å². The molecule has 0 aromatic rings. The van der Waals surface area contributed by atoms with Gasteiger partial charge in [0.2, 0.25) is 0 Å². The fourth-order valence-electron chi connectivity index (χ4n) is 0.152. The van der Waals surface area contributed by atoms with Gasteiger partial charge in [0, 0.05) is 0 Å². The highest BCUT2D eigenvalue weighted by molar-refractivity contribution is 7.97. The van der Waals surface area contributed by atoms with E-state index in [1.54, 1.807) is 0 Å². The normalized spacial score (nSPS) is 6.27. The van der Waals surface area contributed by atoms with Gasteiger partial charge >= 0.3 is 32.2 Å². The van der Waals surface area contributed by atoms with Crippen molar-refractivity contribution in [2.75, 3.05) is 0 Å². The van der Waals surface area contributed by atoms with E-state index in [1.165, 1.54) is 0 Å². The molecule has 30 N–H and O–H groups in total. The van der Waals surface area contributed by atoms with Crippen molar-refractivity contribution in [2.24, 2.45) is 0 Å². The standard InChI is InChI=1S/H2O9S3.14H2O/c1-10(8-11(2,3)4)9-12(5,6)7;;;;;;;;;;;;;;/h(H,2,3,4)(H,5,6,7);14*1H2. The maximum absolute atomic E-state index is 10.1. The summed E-state index contributed by atoms with van der Waals surface area (Å²) in [5.74, 6) is 0. The zero-order valence-electron chi connectivity index (χ0n) is 12.0. The van der Waals surface area contributed by atoms with Crippen LogP contribution in [0.1, 0.15) is 0 Å². The van der Waals surface area contributed by atoms with E-state index in [9.17, 15) is 21.0 Å². The summed E-state index contributed by atoms with van der Waals surface area (Å²) in [7, 11) is -10.2. The maximum Gasteiger partial charge on any atom is 0.412 e. The molecule has 0 aromatic carbocycles. The molecule has 0 radical (unpaired) electrons. The summed E-state index contributed by atoms with van der Waals surface area (Å²) in [6, 6.07) is 0. The van der Waals surface area contributed by atoms with Crippen LogP contribution in [0.2, 0.25) is 0 Å². The topological polar surface area (TPSA) is 585 Å². The molecule has 0 aromatic heterocycles. The second-order valence-corrected chi connectivity index (χ2v) is 4.40. The summed E-state index contributed by atoms with van der Waals surface area (Å²) in [4.78, 5) is 0. The highest BCUT2D eigenvalue weighted by atomic mass is 32.3. The van der Waals surface area contributed by atoms with Crippen LogP contribution in [-0.2, 0) is 39.4 Å². The zero-order valence-corrected chi connectivity index (χ0v) is 14.4. The Balaban J connectivity index is -0.00000000665. The summed E-state index contributed by atoms with van der Waals surface area (Å²) < 4.78 is 70.6. The minimum Gasteiger partial charge on any atom is -0.412 e. The van der Waals surface area contributed by atoms with Gasteiger partial charge in [0.05, 0.1) is 0 Å². The van der Waals surface area contributed by atoms with E-state index in [4.69, 9.17) is 9.11 Å². The van der Waals surface area contributed by atoms with Crippen molar-refractivity contribution in [3.05, 3.63) is 0 Å². The van der Waals surface area contributed by atoms with Crippen molar-refractivity contribution in [3.63, 3.8) is 0 Å². The molecule has 0 atom stereocenters. The van der Waals surface area contributed by atoms with E-state index >= 15 is 0 Å². The third kappa shape index (κ3) is 134. The minimum absolute atomic E-state index is 0. The van der Waals surface area contributed by atoms with E-state index < -0.39 is 32.2 Å². The van der Waals surface area contributed by atoms with E-state index in [-0.39, 0.29) is 76.7 Å². The van der Waals surface area contributed by atoms with Crippen LogP contribution in [0.3, 0.4) is 0 Å². The quantitative estimate of drug-likeness (QED) is 0.349. The van der Waals surface area contributed by atoms with Crippen LogP contribution < -0.4 is 0 Å². The lowest BCUT2D eigenvalue weighted by Crippen LogP contribution is -2.13. The Bertz CT molecular complexity index is 320. The lowest BCUT2D eigenvalue weighted by molar-refractivity contribution is 0.357. The predicted molar refractivity (Wildman–Crippen MR) is 84.0 cm³/mol. The molecule has 0 heterocycles. The van der Waals surface area contributed by atoms with Crippen LogP contribution in [0.5, 0.6) is 0 Å². The zero-order chi connectivity index (χ0) is 9.99. The second kappa shape index (κ2) is 49.7. The summed E-state index contributed by atoms with van der Waals surface area (Å²) in [5.41, 5.74) is 0. The lowest BCUT2D eigenvalue weighted by atomic mass is 15.7. The Kier molecular flexibility index (Phi) is 268. The molecule has 0 aliphatic heterocycles. The van der Waals surface area contributed by atoms with Crippen LogP contribution in [0.4, 0.5) is 0 Å². The largest absolute Gasteiger partial charge is 0.412 e. The number of rotatable bonds is 4. The monoisotopic (exact) mass is 494 g/mol. The first-order chi connectivity index (χ1) is 5.10. The Morgan fingerprint density at radius 3 is 0.654 bits per heavy atom. The molecule has 0 aliphatic rings. The Hall–Kier alpha value is -0.670. The average Bonchev–Trinajstić information content (AvgIpc) is 1.49. The van der Waals surface area contributed by atoms with Crippen LogP contribution in [0, 0.1) is 0 Å². The van der Waals surface area contributed by atoms with Crippen LogP contribution in [0.25, 0.3) is 0 Å². The molecular formula is H30O23S3. The highest BCUT2D eigenvalue weighted by Gasteiger charge is 2.19. The third-order valence-corrected chi connectivity index (χ3v) is 2.55. The average molecular weight is 494 g/mol. The molecule has 0 saturated carbocycles. The lowest BCUT2D eigenvalue weighted by Gasteiger charge is -1.95. The fraction of sp³-hybridized carbons (Fsp3) is 0. The van der Waals surface area contributed by atoms with Gasteiger partial charge in [-0.25, -0.2) is 0 Å². The molecule has 0 rings (SSSR count). The van der Waals surface area contributed by atoms with Gasteiger partial charge in [-0.05, 0) is 0 Å². The smallest absolute Gasteiger partial charge is 0.412 e. The van der Waals surface area contributed by atoms with Crippen molar-refractivity contribution in [1.82, 2.24) is 0 Å². The summed E-state index contributed by atoms with van der Waals surface area (Å²) in [6.45, 7) is 0. The predicted octanol–water partition coefficient (Wildman–Crippen LogP) is -13.3. The van der Waals surface area contributed by atoms with Gasteiger partial charge < -0.3 is 76.7 Å². The fourth-order valence-corrected chi connectivity index (χ4v) is 1.57. The van der Waals surface area contributed by atoms with Crippen molar-refractivity contribution in [1.29, 1.82) is 0 Å². The second-order valence-electron chi connectivity index (χ2n) is 1.20. The Labute approximate surface area is 147 Å². The van der Waals surface area contributed by atoms with Gasteiger partial charge in [-0.15, -0.1) is 7.26 Å². The number of hydrogen-bond acceptors (Lipinski definition) is 7. The summed E-state index contributed by atoms with van der Waals surface area (Å²) in [5, 5.41) is 0. The molecule has 0 unspecified atom stereocenters. The Morgan fingerprint density at radius 2 is 0.577 bits per heavy atom.